The summed E-state index contributed by atoms with van der Waals surface area (Å²) in [5, 5.41) is 8.98. The number of fused-ring (bicyclic) bond motifs is 1. The predicted molar refractivity (Wildman–Crippen MR) is 86.9 cm³/mol. The largest absolute Gasteiger partial charge is 0.477 e. The molecule has 2 aliphatic rings. The van der Waals surface area contributed by atoms with Crippen LogP contribution in [0, 0.1) is 6.92 Å². The number of nitrogens with zero attached hydrogens (tertiary/aromatic N) is 2. The highest BCUT2D eigenvalue weighted by Crippen LogP contribution is 2.42. The van der Waals surface area contributed by atoms with E-state index in [1.54, 1.807) is 19.1 Å². The third-order valence-electron chi connectivity index (χ3n) is 4.08. The van der Waals surface area contributed by atoms with E-state index in [0.717, 1.165) is 5.56 Å². The highest BCUT2D eigenvalue weighted by molar-refractivity contribution is 8.00. The van der Waals surface area contributed by atoms with Gasteiger partial charge >= 0.3 is 5.97 Å². The van der Waals surface area contributed by atoms with Gasteiger partial charge < -0.3 is 5.11 Å². The molecule has 2 amide bonds. The maximum absolute atomic E-state index is 12.5. The first-order valence-electron chi connectivity index (χ1n) is 7.13. The summed E-state index contributed by atoms with van der Waals surface area (Å²) in [5.74, 6) is -0.924. The minimum atomic E-state index is -1.10. The van der Waals surface area contributed by atoms with Crippen molar-refractivity contribution >= 4 is 35.7 Å². The number of carbonyl (C=O) groups is 3. The summed E-state index contributed by atoms with van der Waals surface area (Å²) < 4.78 is 0. The highest BCUT2D eigenvalue weighted by Gasteiger charge is 2.55. The Morgan fingerprint density at radius 3 is 2.57 bits per heavy atom. The number of hydrogen-bond acceptors (Lipinski definition) is 4. The lowest BCUT2D eigenvalue weighted by atomic mass is 10.0. The molecule has 0 bridgehead atoms. The number of carboxylic acids is 1. The van der Waals surface area contributed by atoms with Crippen LogP contribution < -0.4 is 4.90 Å². The maximum Gasteiger partial charge on any atom is 0.352 e. The van der Waals surface area contributed by atoms with Crippen molar-refractivity contribution in [2.75, 3.05) is 10.7 Å². The molecular formula is C16H16N2O4S. The molecule has 1 unspecified atom stereocenters. The number of β-lactam (4-membered cyclic amide) rings is 1. The number of carboxylic acid groups (broad SMARTS) is 1. The number of aliphatic carboxylic acids is 1. The van der Waals surface area contributed by atoms with E-state index in [1.807, 2.05) is 19.1 Å². The molecule has 1 N–H and O–H groups in total. The van der Waals surface area contributed by atoms with E-state index >= 15 is 0 Å². The second-order valence-electron chi connectivity index (χ2n) is 5.64. The number of anilines is 1. The van der Waals surface area contributed by atoms with E-state index in [1.165, 1.54) is 21.6 Å². The fourth-order valence-electron chi connectivity index (χ4n) is 2.88. The first-order chi connectivity index (χ1) is 11.0. The molecule has 1 saturated heterocycles. The Bertz CT molecular complexity index is 713. The van der Waals surface area contributed by atoms with Crippen LogP contribution in [0.3, 0.4) is 0 Å². The lowest BCUT2D eigenvalue weighted by molar-refractivity contribution is -0.148. The molecule has 2 heterocycles. The van der Waals surface area contributed by atoms with Crippen LogP contribution in [0.5, 0.6) is 0 Å². The molecule has 7 heteroatoms. The van der Waals surface area contributed by atoms with Crippen molar-refractivity contribution in [1.29, 1.82) is 0 Å². The molecule has 6 nitrogen and oxygen atoms in total. The fourth-order valence-corrected chi connectivity index (χ4v) is 4.23. The number of benzene rings is 1. The van der Waals surface area contributed by atoms with Gasteiger partial charge in [0.05, 0.1) is 0 Å². The highest BCUT2D eigenvalue weighted by atomic mass is 32.2. The molecule has 0 aromatic heterocycles. The molecule has 1 aromatic rings. The van der Waals surface area contributed by atoms with Crippen molar-refractivity contribution in [3.05, 3.63) is 41.1 Å². The molecule has 3 rings (SSSR count). The zero-order valence-electron chi connectivity index (χ0n) is 12.7. The number of rotatable bonds is 4. The average Bonchev–Trinajstić information content (AvgIpc) is 2.53. The van der Waals surface area contributed by atoms with E-state index in [4.69, 9.17) is 0 Å². The van der Waals surface area contributed by atoms with E-state index in [0.29, 0.717) is 23.4 Å². The average molecular weight is 332 g/mol. The lowest BCUT2D eigenvalue weighted by Gasteiger charge is -2.51. The summed E-state index contributed by atoms with van der Waals surface area (Å²) in [6.45, 7) is 3.65. The van der Waals surface area contributed by atoms with Crippen molar-refractivity contribution in [1.82, 2.24) is 4.90 Å². The van der Waals surface area contributed by atoms with Gasteiger partial charge in [-0.25, -0.2) is 4.79 Å². The van der Waals surface area contributed by atoms with Crippen LogP contribution >= 0.6 is 11.8 Å². The molecule has 0 saturated carbocycles. The zero-order valence-corrected chi connectivity index (χ0v) is 13.5. The standard InChI is InChI=1S/C16H16N2O4S/c1-9-3-5-11(6-4-9)17(8-19)13-14(20)18-12(16(21)22)10(2)7-23-15(13)18/h3-6,8,13,15H,7H2,1-2H3,(H,21,22)/t13?,15-/m1/s1. The van der Waals surface area contributed by atoms with Crippen LogP contribution in [0.1, 0.15) is 12.5 Å². The molecule has 0 aliphatic carbocycles. The normalized spacial score (nSPS) is 23.2. The van der Waals surface area contributed by atoms with Crippen molar-refractivity contribution in [3.63, 3.8) is 0 Å². The first kappa shape index (κ1) is 15.6. The topological polar surface area (TPSA) is 77.9 Å². The van der Waals surface area contributed by atoms with Crippen LogP contribution in [0.15, 0.2) is 35.5 Å². The van der Waals surface area contributed by atoms with Crippen molar-refractivity contribution < 1.29 is 19.5 Å². The van der Waals surface area contributed by atoms with Gasteiger partial charge in [-0.3, -0.25) is 19.4 Å². The molecule has 23 heavy (non-hydrogen) atoms. The van der Waals surface area contributed by atoms with Crippen molar-refractivity contribution in [2.45, 2.75) is 25.3 Å². The van der Waals surface area contributed by atoms with Crippen molar-refractivity contribution in [2.24, 2.45) is 0 Å². The van der Waals surface area contributed by atoms with Crippen LogP contribution in [0.4, 0.5) is 5.69 Å². The van der Waals surface area contributed by atoms with Gasteiger partial charge in [0.25, 0.3) is 5.91 Å². The lowest BCUT2D eigenvalue weighted by Crippen LogP contribution is -2.70. The Hall–Kier alpha value is -2.28. The molecule has 0 spiro atoms. The van der Waals surface area contributed by atoms with Gasteiger partial charge in [-0.05, 0) is 31.6 Å². The summed E-state index contributed by atoms with van der Waals surface area (Å²) in [7, 11) is 0. The van der Waals surface area contributed by atoms with Gasteiger partial charge in [0.2, 0.25) is 6.41 Å². The van der Waals surface area contributed by atoms with Gasteiger partial charge in [0, 0.05) is 11.4 Å². The Labute approximate surface area is 137 Å². The minimum absolute atomic E-state index is 0.0461. The second-order valence-corrected chi connectivity index (χ2v) is 6.74. The molecule has 0 radical (unpaired) electrons. The van der Waals surface area contributed by atoms with Crippen LogP contribution in [0.2, 0.25) is 0 Å². The van der Waals surface area contributed by atoms with Gasteiger partial charge in [-0.1, -0.05) is 17.7 Å². The van der Waals surface area contributed by atoms with Crippen LogP contribution in [-0.4, -0.2) is 45.5 Å². The number of carbonyl (C=O) groups excluding carboxylic acids is 2. The summed E-state index contributed by atoms with van der Waals surface area (Å²) in [4.78, 5) is 38.1. The maximum atomic E-state index is 12.5. The number of amides is 2. The quantitative estimate of drug-likeness (QED) is 0.669. The predicted octanol–water partition coefficient (Wildman–Crippen LogP) is 1.60. The minimum Gasteiger partial charge on any atom is -0.477 e. The Morgan fingerprint density at radius 1 is 1.35 bits per heavy atom. The van der Waals surface area contributed by atoms with E-state index in [9.17, 15) is 19.5 Å². The SMILES string of the molecule is CC1=C(C(=O)O)N2C(=O)C(N(C=O)c3ccc(C)cc3)[C@H]2SC1. The molecular weight excluding hydrogens is 316 g/mol. The third kappa shape index (κ3) is 2.41. The molecule has 2 aliphatic heterocycles. The van der Waals surface area contributed by atoms with Crippen LogP contribution in [-0.2, 0) is 14.4 Å². The van der Waals surface area contributed by atoms with Gasteiger partial charge in [-0.2, -0.15) is 0 Å². The summed E-state index contributed by atoms with van der Waals surface area (Å²) in [6.07, 6.45) is 0.636. The number of hydrogen-bond donors (Lipinski definition) is 1. The molecule has 120 valence electrons. The Balaban J connectivity index is 1.91. The monoisotopic (exact) mass is 332 g/mol. The number of aryl methyl sites for hydroxylation is 1. The van der Waals surface area contributed by atoms with Crippen molar-refractivity contribution in [3.8, 4) is 0 Å². The zero-order chi connectivity index (χ0) is 16.7. The summed E-state index contributed by atoms with van der Waals surface area (Å²) >= 11 is 1.48. The molecule has 1 fully saturated rings. The van der Waals surface area contributed by atoms with Gasteiger partial charge in [-0.15, -0.1) is 11.8 Å². The van der Waals surface area contributed by atoms with Gasteiger partial charge in [0.15, 0.2) is 0 Å². The molecule has 1 aromatic carbocycles. The number of thioether (sulfide) groups is 1. The van der Waals surface area contributed by atoms with Gasteiger partial charge in [0.1, 0.15) is 17.1 Å². The third-order valence-corrected chi connectivity index (χ3v) is 5.49. The Kier molecular flexibility index (Phi) is 3.89. The summed E-state index contributed by atoms with van der Waals surface area (Å²) in [5.41, 5.74) is 2.40. The van der Waals surface area contributed by atoms with E-state index in [-0.39, 0.29) is 17.0 Å². The molecule has 2 atom stereocenters. The summed E-state index contributed by atoms with van der Waals surface area (Å²) in [6, 6.07) is 6.64. The smallest absolute Gasteiger partial charge is 0.352 e. The van der Waals surface area contributed by atoms with E-state index in [2.05, 4.69) is 0 Å². The Morgan fingerprint density at radius 2 is 2.00 bits per heavy atom. The second kappa shape index (κ2) is 5.73. The van der Waals surface area contributed by atoms with E-state index < -0.39 is 12.0 Å². The van der Waals surface area contributed by atoms with Crippen LogP contribution in [0.25, 0.3) is 0 Å². The fraction of sp³-hybridized carbons (Fsp3) is 0.312. The first-order valence-corrected chi connectivity index (χ1v) is 8.18.